The van der Waals surface area contributed by atoms with E-state index in [1.165, 1.54) is 17.8 Å². The molecule has 1 saturated heterocycles. The van der Waals surface area contributed by atoms with Crippen LogP contribution in [0.4, 0.5) is 5.82 Å². The summed E-state index contributed by atoms with van der Waals surface area (Å²) in [6, 6.07) is -0.887. The first kappa shape index (κ1) is 26.2. The second-order valence-corrected chi connectivity index (χ2v) is 10.5. The van der Waals surface area contributed by atoms with E-state index in [1.54, 1.807) is 0 Å². The zero-order valence-corrected chi connectivity index (χ0v) is 20.8. The summed E-state index contributed by atoms with van der Waals surface area (Å²) in [5, 5.41) is 13.1. The summed E-state index contributed by atoms with van der Waals surface area (Å²) in [6.07, 6.45) is 5.21. The number of aliphatic hydroxyl groups is 1. The lowest BCUT2D eigenvalue weighted by Crippen LogP contribution is -2.42. The number of imidazole rings is 1. The molecule has 1 aliphatic rings. The zero-order chi connectivity index (χ0) is 25.3. The van der Waals surface area contributed by atoms with Gasteiger partial charge in [-0.3, -0.25) is 9.36 Å². The van der Waals surface area contributed by atoms with Crippen LogP contribution >= 0.6 is 19.8 Å². The van der Waals surface area contributed by atoms with Gasteiger partial charge in [-0.25, -0.2) is 4.98 Å². The largest absolute Gasteiger partial charge is 0.613 e. The van der Waals surface area contributed by atoms with Gasteiger partial charge in [-0.15, -0.1) is 10.9 Å². The fraction of sp³-hybridized carbons (Fsp3) is 0.600. The van der Waals surface area contributed by atoms with Crippen molar-refractivity contribution in [2.45, 2.75) is 58.1 Å². The summed E-state index contributed by atoms with van der Waals surface area (Å²) in [5.41, 5.74) is 4.64. The van der Waals surface area contributed by atoms with Gasteiger partial charge in [0.15, 0.2) is 17.1 Å². The maximum Gasteiger partial charge on any atom is 0.613 e. The third kappa shape index (κ3) is 5.81. The first-order chi connectivity index (χ1) is 15.8. The number of aromatic nitrogens is 4. The highest BCUT2D eigenvalue weighted by Gasteiger charge is 2.50. The fourth-order valence-electron chi connectivity index (χ4n) is 3.16. The number of anilines is 1. The molecule has 1 fully saturated rings. The van der Waals surface area contributed by atoms with E-state index in [0.717, 1.165) is 0 Å². The smallest absolute Gasteiger partial charge is 0.464 e. The molecule has 184 valence electrons. The van der Waals surface area contributed by atoms with Crippen LogP contribution in [0.1, 0.15) is 40.3 Å². The SMILES string of the molecule is C#C[C@]1(CO[P+](=O)N[C@@H](C)C(=O)OCC(C)(C)C)O[C@@H](n2cnc3c(N)nc(Cl)nc32)C[C@@H]1O. The maximum atomic E-state index is 12.4. The van der Waals surface area contributed by atoms with Crippen molar-refractivity contribution >= 4 is 42.7 Å². The highest BCUT2D eigenvalue weighted by atomic mass is 35.5. The van der Waals surface area contributed by atoms with Crippen molar-refractivity contribution in [1.82, 2.24) is 24.6 Å². The van der Waals surface area contributed by atoms with Gasteiger partial charge in [0.2, 0.25) is 5.28 Å². The van der Waals surface area contributed by atoms with Gasteiger partial charge in [-0.2, -0.15) is 9.97 Å². The molecule has 2 aromatic rings. The van der Waals surface area contributed by atoms with Gasteiger partial charge in [0, 0.05) is 6.42 Å². The van der Waals surface area contributed by atoms with Crippen LogP contribution in [0.2, 0.25) is 5.28 Å². The average molecular weight is 514 g/mol. The number of halogens is 1. The number of nitrogens with one attached hydrogen (secondary N) is 1. The van der Waals surface area contributed by atoms with E-state index in [1.807, 2.05) is 20.8 Å². The molecule has 4 N–H and O–H groups in total. The van der Waals surface area contributed by atoms with Crippen LogP contribution in [0, 0.1) is 17.8 Å². The predicted molar refractivity (Wildman–Crippen MR) is 124 cm³/mol. The molecule has 3 heterocycles. The van der Waals surface area contributed by atoms with Crippen molar-refractivity contribution in [3.8, 4) is 12.3 Å². The van der Waals surface area contributed by atoms with Gasteiger partial charge in [0.05, 0.1) is 12.9 Å². The quantitative estimate of drug-likeness (QED) is 0.204. The monoisotopic (exact) mass is 513 g/mol. The summed E-state index contributed by atoms with van der Waals surface area (Å²) in [4.78, 5) is 24.2. The van der Waals surface area contributed by atoms with E-state index in [9.17, 15) is 14.5 Å². The molecule has 1 unspecified atom stereocenters. The molecule has 1 aliphatic heterocycles. The minimum absolute atomic E-state index is 0.0697. The molecule has 0 bridgehead atoms. The molecule has 0 amide bonds. The molecule has 0 aliphatic carbocycles. The first-order valence-corrected chi connectivity index (χ1v) is 11.9. The highest BCUT2D eigenvalue weighted by Crippen LogP contribution is 2.39. The Bertz CT molecular complexity index is 1130. The van der Waals surface area contributed by atoms with Crippen molar-refractivity contribution in [3.05, 3.63) is 11.6 Å². The number of carbonyl (C=O) groups excluding carboxylic acids is 1. The van der Waals surface area contributed by atoms with Gasteiger partial charge in [-0.1, -0.05) is 31.8 Å². The Labute approximate surface area is 202 Å². The molecule has 3 rings (SSSR count). The fourth-order valence-corrected chi connectivity index (χ4v) is 4.14. The average Bonchev–Trinajstić information content (AvgIpc) is 3.31. The number of ether oxygens (including phenoxy) is 2. The van der Waals surface area contributed by atoms with Gasteiger partial charge >= 0.3 is 14.1 Å². The summed E-state index contributed by atoms with van der Waals surface area (Å²) in [7, 11) is -2.52. The topological polar surface area (TPSA) is 164 Å². The van der Waals surface area contributed by atoms with E-state index in [0.29, 0.717) is 11.2 Å². The summed E-state index contributed by atoms with van der Waals surface area (Å²) in [5.74, 6) is 1.92. The zero-order valence-electron chi connectivity index (χ0n) is 19.2. The van der Waals surface area contributed by atoms with Crippen molar-refractivity contribution in [2.24, 2.45) is 5.41 Å². The van der Waals surface area contributed by atoms with Gasteiger partial charge in [-0.05, 0) is 28.5 Å². The molecular formula is C20H27ClN6O6P+. The number of nitrogens with two attached hydrogens (primary N) is 1. The summed E-state index contributed by atoms with van der Waals surface area (Å²) < 4.78 is 30.4. The van der Waals surface area contributed by atoms with E-state index in [4.69, 9.17) is 37.8 Å². The Balaban J connectivity index is 1.64. The second-order valence-electron chi connectivity index (χ2n) is 9.11. The first-order valence-electron chi connectivity index (χ1n) is 10.4. The molecule has 0 spiro atoms. The van der Waals surface area contributed by atoms with Gasteiger partial charge in [0.1, 0.15) is 30.5 Å². The number of fused-ring (bicyclic) bond motifs is 1. The van der Waals surface area contributed by atoms with Crippen LogP contribution < -0.4 is 10.8 Å². The second kappa shape index (κ2) is 10.1. The molecule has 14 heteroatoms. The van der Waals surface area contributed by atoms with E-state index < -0.39 is 44.7 Å². The number of terminal acetylenes is 1. The number of esters is 1. The molecule has 5 atom stereocenters. The van der Waals surface area contributed by atoms with Crippen LogP contribution in [0.15, 0.2) is 6.33 Å². The lowest BCUT2D eigenvalue weighted by molar-refractivity contribution is -0.148. The van der Waals surface area contributed by atoms with Crippen LogP contribution in [0.25, 0.3) is 11.2 Å². The van der Waals surface area contributed by atoms with Crippen LogP contribution in [0.3, 0.4) is 0 Å². The molecule has 0 aromatic carbocycles. The number of carbonyl (C=O) groups is 1. The molecule has 34 heavy (non-hydrogen) atoms. The van der Waals surface area contributed by atoms with Crippen LogP contribution in [-0.2, 0) is 23.4 Å². The van der Waals surface area contributed by atoms with Gasteiger partial charge in [0.25, 0.3) is 0 Å². The van der Waals surface area contributed by atoms with E-state index >= 15 is 0 Å². The van der Waals surface area contributed by atoms with Crippen LogP contribution in [-0.4, -0.2) is 61.6 Å². The van der Waals surface area contributed by atoms with Crippen molar-refractivity contribution in [3.63, 3.8) is 0 Å². The lowest BCUT2D eigenvalue weighted by Gasteiger charge is -2.23. The van der Waals surface area contributed by atoms with Crippen molar-refractivity contribution < 1.29 is 28.5 Å². The number of hydrogen-bond donors (Lipinski definition) is 3. The number of hydrogen-bond acceptors (Lipinski definition) is 10. The molecule has 12 nitrogen and oxygen atoms in total. The van der Waals surface area contributed by atoms with E-state index in [-0.39, 0.29) is 29.5 Å². The Hall–Kier alpha value is -2.39. The summed E-state index contributed by atoms with van der Waals surface area (Å²) in [6.45, 7) is 7.07. The number of rotatable bonds is 8. The number of nitrogen functional groups attached to an aromatic ring is 1. The van der Waals surface area contributed by atoms with E-state index in [2.05, 4.69) is 26.0 Å². The standard InChI is InChI=1S/C20H27ClN6O6P/c1-6-20(9-32-34(30)26-11(2)17(29)31-8-19(3,4)5)12(28)7-13(33-20)27-10-23-14-15(22)24-18(21)25-16(14)27/h1,10-13,28H,7-9H2,2-5H3,(H,26,30)(H2,22,24,25)/q+1/t11-,12-,13+,20+/m0/s1. The number of nitrogens with zero attached hydrogens (tertiary/aromatic N) is 4. The minimum atomic E-state index is -2.52. The maximum absolute atomic E-state index is 12.4. The lowest BCUT2D eigenvalue weighted by atomic mass is 9.99. The van der Waals surface area contributed by atoms with Crippen LogP contribution in [0.5, 0.6) is 0 Å². The minimum Gasteiger partial charge on any atom is -0.464 e. The van der Waals surface area contributed by atoms with Crippen molar-refractivity contribution in [1.29, 1.82) is 0 Å². The van der Waals surface area contributed by atoms with Gasteiger partial charge < -0.3 is 20.3 Å². The third-order valence-electron chi connectivity index (χ3n) is 4.98. The normalized spacial score (nSPS) is 24.1. The Morgan fingerprint density at radius 2 is 2.26 bits per heavy atom. The molecule has 2 aromatic heterocycles. The Morgan fingerprint density at radius 3 is 2.91 bits per heavy atom. The molecular weight excluding hydrogens is 487 g/mol. The summed E-state index contributed by atoms with van der Waals surface area (Å²) >= 11 is 5.90. The Kier molecular flexibility index (Phi) is 7.77. The molecule has 0 saturated carbocycles. The predicted octanol–water partition coefficient (Wildman–Crippen LogP) is 1.96. The number of aliphatic hydroxyl groups excluding tert-OH is 1. The highest BCUT2D eigenvalue weighted by molar-refractivity contribution is 7.36. The third-order valence-corrected chi connectivity index (χ3v) is 6.11. The molecule has 0 radical (unpaired) electrons. The Morgan fingerprint density at radius 1 is 1.56 bits per heavy atom. The van der Waals surface area contributed by atoms with Crippen molar-refractivity contribution in [2.75, 3.05) is 18.9 Å².